The molecule has 3 aromatic rings. The van der Waals surface area contributed by atoms with Crippen molar-refractivity contribution in [2.75, 3.05) is 41.2 Å². The van der Waals surface area contributed by atoms with E-state index in [0.29, 0.717) is 29.1 Å². The highest BCUT2D eigenvalue weighted by Gasteiger charge is 2.17. The fourth-order valence-corrected chi connectivity index (χ4v) is 5.37. The molecule has 1 saturated heterocycles. The molecule has 4 rings (SSSR count). The number of anilines is 4. The highest BCUT2D eigenvalue weighted by Crippen LogP contribution is 2.28. The third-order valence-electron chi connectivity index (χ3n) is 4.24. The van der Waals surface area contributed by atoms with Crippen molar-refractivity contribution in [2.45, 2.75) is 4.21 Å². The fraction of sp³-hybridized carbons (Fsp3) is 0.222. The van der Waals surface area contributed by atoms with Gasteiger partial charge in [-0.1, -0.05) is 11.6 Å². The van der Waals surface area contributed by atoms with Gasteiger partial charge in [0, 0.05) is 30.5 Å². The van der Waals surface area contributed by atoms with E-state index in [-0.39, 0.29) is 4.21 Å². The molecule has 0 amide bonds. The molecule has 0 bridgehead atoms. The summed E-state index contributed by atoms with van der Waals surface area (Å²) in [5, 5.41) is 11.4. The number of aromatic nitrogens is 2. The van der Waals surface area contributed by atoms with Gasteiger partial charge in [-0.25, -0.2) is 8.42 Å². The minimum absolute atomic E-state index is 0.167. The van der Waals surface area contributed by atoms with E-state index in [2.05, 4.69) is 25.1 Å². The van der Waals surface area contributed by atoms with Crippen LogP contribution in [0.5, 0.6) is 0 Å². The second-order valence-corrected chi connectivity index (χ2v) is 9.89. The molecule has 2 aromatic heterocycles. The minimum atomic E-state index is -3.66. The van der Waals surface area contributed by atoms with E-state index in [9.17, 15) is 8.42 Å². The second kappa shape index (κ2) is 8.54. The van der Waals surface area contributed by atoms with Crippen molar-refractivity contribution in [1.29, 1.82) is 0 Å². The van der Waals surface area contributed by atoms with Crippen molar-refractivity contribution < 1.29 is 13.2 Å². The lowest BCUT2D eigenvalue weighted by Crippen LogP contribution is -2.36. The van der Waals surface area contributed by atoms with E-state index in [1.807, 2.05) is 6.07 Å². The number of nitrogens with one attached hydrogen (secondary N) is 2. The Balaban J connectivity index is 1.43. The van der Waals surface area contributed by atoms with Crippen LogP contribution in [0, 0.1) is 0 Å². The molecule has 1 aromatic carbocycles. The summed E-state index contributed by atoms with van der Waals surface area (Å²) < 4.78 is 33.2. The van der Waals surface area contributed by atoms with Crippen LogP contribution in [0.15, 0.2) is 52.9 Å². The summed E-state index contributed by atoms with van der Waals surface area (Å²) in [6.45, 7) is 3.02. The lowest BCUT2D eigenvalue weighted by atomic mass is 10.3. The Labute approximate surface area is 177 Å². The number of sulfonamides is 1. The fourth-order valence-electron chi connectivity index (χ4n) is 2.83. The SMILES string of the molecule is O=S(=O)(Nc1ccc(Nc2cc(N3CCOCC3)cnn2)cc1)c1ccc(Cl)s1. The quantitative estimate of drug-likeness (QED) is 0.591. The third-order valence-corrected chi connectivity index (χ3v) is 7.34. The number of nitrogens with zero attached hydrogens (tertiary/aromatic N) is 3. The number of benzene rings is 1. The van der Waals surface area contributed by atoms with E-state index in [1.165, 1.54) is 6.07 Å². The lowest BCUT2D eigenvalue weighted by Gasteiger charge is -2.28. The summed E-state index contributed by atoms with van der Waals surface area (Å²) in [4.78, 5) is 2.19. The predicted octanol–water partition coefficient (Wildman–Crippen LogP) is 3.57. The Morgan fingerprint density at radius 1 is 1.07 bits per heavy atom. The van der Waals surface area contributed by atoms with Crippen molar-refractivity contribution in [2.24, 2.45) is 0 Å². The van der Waals surface area contributed by atoms with E-state index >= 15 is 0 Å². The zero-order chi connectivity index (χ0) is 20.3. The first-order valence-corrected chi connectivity index (χ1v) is 11.5. The molecular weight excluding hydrogens is 434 g/mol. The van der Waals surface area contributed by atoms with Crippen molar-refractivity contribution in [1.82, 2.24) is 10.2 Å². The van der Waals surface area contributed by atoms with Gasteiger partial charge in [0.1, 0.15) is 4.21 Å². The van der Waals surface area contributed by atoms with Crippen LogP contribution in [0.3, 0.4) is 0 Å². The Morgan fingerprint density at radius 2 is 1.79 bits per heavy atom. The number of thiophene rings is 1. The van der Waals surface area contributed by atoms with Gasteiger partial charge in [-0.05, 0) is 36.4 Å². The summed E-state index contributed by atoms with van der Waals surface area (Å²) in [6.07, 6.45) is 1.73. The van der Waals surface area contributed by atoms with Crippen molar-refractivity contribution >= 4 is 55.8 Å². The molecule has 0 radical (unpaired) electrons. The van der Waals surface area contributed by atoms with Gasteiger partial charge < -0.3 is 15.0 Å². The van der Waals surface area contributed by atoms with Crippen LogP contribution in [0.4, 0.5) is 22.9 Å². The summed E-state index contributed by atoms with van der Waals surface area (Å²) in [5.41, 5.74) is 2.19. The Hall–Kier alpha value is -2.40. The minimum Gasteiger partial charge on any atom is -0.378 e. The average Bonchev–Trinajstić information content (AvgIpc) is 3.18. The molecule has 1 aliphatic rings. The number of hydrogen-bond acceptors (Lipinski definition) is 8. The van der Waals surface area contributed by atoms with Gasteiger partial charge in [-0.15, -0.1) is 16.4 Å². The summed E-state index contributed by atoms with van der Waals surface area (Å²) >= 11 is 6.83. The number of morpholine rings is 1. The molecule has 0 aliphatic carbocycles. The molecular formula is C18H18ClN5O3S2. The van der Waals surface area contributed by atoms with Crippen LogP contribution in [-0.2, 0) is 14.8 Å². The topological polar surface area (TPSA) is 96.5 Å². The largest absolute Gasteiger partial charge is 0.378 e. The zero-order valence-electron chi connectivity index (χ0n) is 15.2. The van der Waals surface area contributed by atoms with E-state index in [4.69, 9.17) is 16.3 Å². The van der Waals surface area contributed by atoms with Gasteiger partial charge in [-0.2, -0.15) is 5.10 Å². The Bertz CT molecular complexity index is 1080. The normalized spacial score (nSPS) is 14.6. The van der Waals surface area contributed by atoms with Crippen LogP contribution in [0.25, 0.3) is 0 Å². The molecule has 29 heavy (non-hydrogen) atoms. The molecule has 2 N–H and O–H groups in total. The maximum Gasteiger partial charge on any atom is 0.271 e. The second-order valence-electron chi connectivity index (χ2n) is 6.26. The van der Waals surface area contributed by atoms with E-state index in [1.54, 1.807) is 36.5 Å². The van der Waals surface area contributed by atoms with Gasteiger partial charge in [0.15, 0.2) is 5.82 Å². The van der Waals surface area contributed by atoms with Crippen LogP contribution >= 0.6 is 22.9 Å². The molecule has 0 spiro atoms. The number of ether oxygens (including phenoxy) is 1. The molecule has 0 atom stereocenters. The molecule has 152 valence electrons. The van der Waals surface area contributed by atoms with Gasteiger partial charge >= 0.3 is 0 Å². The predicted molar refractivity (Wildman–Crippen MR) is 115 cm³/mol. The average molecular weight is 452 g/mol. The molecule has 1 aliphatic heterocycles. The molecule has 8 nitrogen and oxygen atoms in total. The summed E-state index contributed by atoms with van der Waals surface area (Å²) in [6, 6.07) is 11.8. The highest BCUT2D eigenvalue weighted by atomic mass is 35.5. The van der Waals surface area contributed by atoms with Gasteiger partial charge in [-0.3, -0.25) is 4.72 Å². The van der Waals surface area contributed by atoms with Crippen molar-refractivity contribution in [3.8, 4) is 0 Å². The van der Waals surface area contributed by atoms with Crippen LogP contribution < -0.4 is 14.9 Å². The summed E-state index contributed by atoms with van der Waals surface area (Å²) in [7, 11) is -3.66. The molecule has 0 saturated carbocycles. The van der Waals surface area contributed by atoms with E-state index < -0.39 is 10.0 Å². The molecule has 0 unspecified atom stereocenters. The smallest absolute Gasteiger partial charge is 0.271 e. The third kappa shape index (κ3) is 4.96. The Morgan fingerprint density at radius 3 is 2.48 bits per heavy atom. The number of hydrogen-bond donors (Lipinski definition) is 2. The lowest BCUT2D eigenvalue weighted by molar-refractivity contribution is 0.122. The van der Waals surface area contributed by atoms with Gasteiger partial charge in [0.25, 0.3) is 10.0 Å². The number of halogens is 1. The highest BCUT2D eigenvalue weighted by molar-refractivity contribution is 7.94. The molecule has 11 heteroatoms. The van der Waals surface area contributed by atoms with Crippen molar-refractivity contribution in [3.63, 3.8) is 0 Å². The molecule has 1 fully saturated rings. The maximum absolute atomic E-state index is 12.4. The zero-order valence-corrected chi connectivity index (χ0v) is 17.6. The first-order chi connectivity index (χ1) is 14.0. The van der Waals surface area contributed by atoms with Gasteiger partial charge in [0.05, 0.1) is 29.4 Å². The van der Waals surface area contributed by atoms with Gasteiger partial charge in [0.2, 0.25) is 0 Å². The van der Waals surface area contributed by atoms with E-state index in [0.717, 1.165) is 35.8 Å². The molecule has 3 heterocycles. The van der Waals surface area contributed by atoms with Crippen LogP contribution in [-0.4, -0.2) is 44.9 Å². The van der Waals surface area contributed by atoms with Crippen LogP contribution in [0.1, 0.15) is 0 Å². The standard InChI is InChI=1S/C18H18ClN5O3S2/c19-16-5-6-18(28-16)29(25,26)23-14-3-1-13(2-4-14)21-17-11-15(12-20-22-17)24-7-9-27-10-8-24/h1-6,11-12,23H,7-10H2,(H,21,22). The number of rotatable bonds is 6. The Kier molecular flexibility index (Phi) is 5.86. The van der Waals surface area contributed by atoms with Crippen LogP contribution in [0.2, 0.25) is 4.34 Å². The first-order valence-electron chi connectivity index (χ1n) is 8.80. The van der Waals surface area contributed by atoms with Crippen molar-refractivity contribution in [3.05, 3.63) is 53.0 Å². The monoisotopic (exact) mass is 451 g/mol. The summed E-state index contributed by atoms with van der Waals surface area (Å²) in [5.74, 6) is 0.607. The first kappa shape index (κ1) is 19.9. The maximum atomic E-state index is 12.4.